The van der Waals surface area contributed by atoms with E-state index in [0.29, 0.717) is 18.4 Å². The molecular formula is C12H13F4N. The lowest BCUT2D eigenvalue weighted by molar-refractivity contribution is -0.138. The van der Waals surface area contributed by atoms with Gasteiger partial charge >= 0.3 is 6.18 Å². The lowest BCUT2D eigenvalue weighted by atomic mass is 9.96. The van der Waals surface area contributed by atoms with E-state index >= 15 is 0 Å². The Morgan fingerprint density at radius 2 is 1.94 bits per heavy atom. The van der Waals surface area contributed by atoms with Gasteiger partial charge in [-0.15, -0.1) is 0 Å². The van der Waals surface area contributed by atoms with E-state index in [0.717, 1.165) is 25.0 Å². The molecule has 0 amide bonds. The van der Waals surface area contributed by atoms with Crippen molar-refractivity contribution in [3.8, 4) is 0 Å². The minimum atomic E-state index is -4.56. The molecule has 0 bridgehead atoms. The maximum atomic E-state index is 12.9. The highest BCUT2D eigenvalue weighted by atomic mass is 19.4. The Hall–Kier alpha value is -1.10. The van der Waals surface area contributed by atoms with E-state index in [9.17, 15) is 17.6 Å². The van der Waals surface area contributed by atoms with Gasteiger partial charge in [0.15, 0.2) is 0 Å². The molecule has 1 fully saturated rings. The standard InChI is InChI=1S/C12H13F4N/c13-8-3-4-9(10(6-8)12(14,15)16)11(17)5-7-1-2-7/h3-4,6-7,11H,1-2,5,17H2/t11-/m1/s1. The average Bonchev–Trinajstić information content (AvgIpc) is 3.00. The van der Waals surface area contributed by atoms with Crippen LogP contribution in [0, 0.1) is 11.7 Å². The molecule has 0 aliphatic heterocycles. The first-order valence-corrected chi connectivity index (χ1v) is 5.50. The van der Waals surface area contributed by atoms with Crippen LogP contribution in [-0.2, 0) is 6.18 Å². The number of hydrogen-bond acceptors (Lipinski definition) is 1. The first kappa shape index (κ1) is 12.4. The predicted octanol–water partition coefficient (Wildman–Crippen LogP) is 3.64. The number of benzene rings is 1. The summed E-state index contributed by atoms with van der Waals surface area (Å²) in [6.07, 6.45) is -1.97. The van der Waals surface area contributed by atoms with E-state index in [1.807, 2.05) is 0 Å². The second-order valence-electron chi connectivity index (χ2n) is 4.51. The largest absolute Gasteiger partial charge is 0.416 e. The third kappa shape index (κ3) is 2.97. The van der Waals surface area contributed by atoms with Gasteiger partial charge in [0, 0.05) is 6.04 Å². The van der Waals surface area contributed by atoms with Gasteiger partial charge in [0.05, 0.1) is 5.56 Å². The summed E-state index contributed by atoms with van der Waals surface area (Å²) in [6, 6.07) is 2.02. The normalized spacial score (nSPS) is 18.2. The number of nitrogens with two attached hydrogens (primary N) is 1. The van der Waals surface area contributed by atoms with Gasteiger partial charge in [-0.1, -0.05) is 18.9 Å². The number of halogens is 4. The highest BCUT2D eigenvalue weighted by Gasteiger charge is 2.36. The number of hydrogen-bond donors (Lipinski definition) is 1. The maximum absolute atomic E-state index is 12.9. The van der Waals surface area contributed by atoms with Gasteiger partial charge in [0.1, 0.15) is 5.82 Å². The summed E-state index contributed by atoms with van der Waals surface area (Å²) in [4.78, 5) is 0. The smallest absolute Gasteiger partial charge is 0.324 e. The van der Waals surface area contributed by atoms with Crippen molar-refractivity contribution in [3.63, 3.8) is 0 Å². The molecule has 5 heteroatoms. The van der Waals surface area contributed by atoms with Crippen LogP contribution in [0.2, 0.25) is 0 Å². The van der Waals surface area contributed by atoms with Gasteiger partial charge < -0.3 is 5.73 Å². The minimum Gasteiger partial charge on any atom is -0.324 e. The molecule has 1 aromatic rings. The molecule has 0 saturated heterocycles. The topological polar surface area (TPSA) is 26.0 Å². The van der Waals surface area contributed by atoms with E-state index in [1.54, 1.807) is 0 Å². The predicted molar refractivity (Wildman–Crippen MR) is 55.7 cm³/mol. The van der Waals surface area contributed by atoms with Gasteiger partial charge in [-0.25, -0.2) is 4.39 Å². The van der Waals surface area contributed by atoms with Crippen LogP contribution in [0.1, 0.15) is 36.4 Å². The second kappa shape index (κ2) is 4.29. The molecule has 1 aliphatic carbocycles. The zero-order chi connectivity index (χ0) is 12.6. The fraction of sp³-hybridized carbons (Fsp3) is 0.500. The monoisotopic (exact) mass is 247 g/mol. The minimum absolute atomic E-state index is 0.00852. The molecule has 1 atom stereocenters. The molecule has 2 N–H and O–H groups in total. The summed E-state index contributed by atoms with van der Waals surface area (Å²) in [5.41, 5.74) is 4.80. The first-order valence-electron chi connectivity index (χ1n) is 5.50. The Morgan fingerprint density at radius 1 is 1.29 bits per heavy atom. The third-order valence-electron chi connectivity index (χ3n) is 3.00. The molecule has 1 nitrogen and oxygen atoms in total. The van der Waals surface area contributed by atoms with Crippen molar-refractivity contribution in [1.29, 1.82) is 0 Å². The average molecular weight is 247 g/mol. The molecule has 0 spiro atoms. The summed E-state index contributed by atoms with van der Waals surface area (Å²) >= 11 is 0. The van der Waals surface area contributed by atoms with Crippen LogP contribution in [0.25, 0.3) is 0 Å². The summed E-state index contributed by atoms with van der Waals surface area (Å²) in [5, 5.41) is 0. The van der Waals surface area contributed by atoms with Crippen LogP contribution >= 0.6 is 0 Å². The quantitative estimate of drug-likeness (QED) is 0.811. The van der Waals surface area contributed by atoms with Crippen LogP contribution in [0.15, 0.2) is 18.2 Å². The fourth-order valence-corrected chi connectivity index (χ4v) is 1.94. The Morgan fingerprint density at radius 3 is 2.47 bits per heavy atom. The maximum Gasteiger partial charge on any atom is 0.416 e. The van der Waals surface area contributed by atoms with Crippen LogP contribution in [0.5, 0.6) is 0 Å². The van der Waals surface area contributed by atoms with E-state index in [4.69, 9.17) is 5.73 Å². The summed E-state index contributed by atoms with van der Waals surface area (Å²) in [5.74, 6) is -0.462. The van der Waals surface area contributed by atoms with E-state index in [2.05, 4.69) is 0 Å². The van der Waals surface area contributed by atoms with Crippen molar-refractivity contribution >= 4 is 0 Å². The molecule has 0 aromatic heterocycles. The molecule has 1 saturated carbocycles. The van der Waals surface area contributed by atoms with Gasteiger partial charge in [-0.05, 0) is 30.0 Å². The molecule has 1 aliphatic rings. The molecule has 1 aromatic carbocycles. The second-order valence-corrected chi connectivity index (χ2v) is 4.51. The van der Waals surface area contributed by atoms with Crippen LogP contribution in [0.4, 0.5) is 17.6 Å². The van der Waals surface area contributed by atoms with Crippen molar-refractivity contribution in [1.82, 2.24) is 0 Å². The van der Waals surface area contributed by atoms with Gasteiger partial charge in [0.25, 0.3) is 0 Å². The first-order chi connectivity index (χ1) is 7.88. The summed E-state index contributed by atoms with van der Waals surface area (Å²) in [7, 11) is 0. The third-order valence-corrected chi connectivity index (χ3v) is 3.00. The number of rotatable bonds is 3. The highest BCUT2D eigenvalue weighted by Crippen LogP contribution is 2.40. The molecule has 2 rings (SSSR count). The van der Waals surface area contributed by atoms with E-state index < -0.39 is 23.6 Å². The Kier molecular flexibility index (Phi) is 3.12. The van der Waals surface area contributed by atoms with Crippen LogP contribution < -0.4 is 5.73 Å². The molecule has 0 unspecified atom stereocenters. The Balaban J connectivity index is 2.30. The highest BCUT2D eigenvalue weighted by molar-refractivity contribution is 5.33. The van der Waals surface area contributed by atoms with E-state index in [-0.39, 0.29) is 5.56 Å². The zero-order valence-corrected chi connectivity index (χ0v) is 9.10. The SMILES string of the molecule is N[C@H](CC1CC1)c1ccc(F)cc1C(F)(F)F. The zero-order valence-electron chi connectivity index (χ0n) is 9.10. The number of alkyl halides is 3. The summed E-state index contributed by atoms with van der Waals surface area (Å²) in [6.45, 7) is 0. The molecule has 0 heterocycles. The van der Waals surface area contributed by atoms with Crippen LogP contribution in [0.3, 0.4) is 0 Å². The Labute approximate surface area is 96.6 Å². The van der Waals surface area contributed by atoms with Gasteiger partial charge in [-0.2, -0.15) is 13.2 Å². The molecular weight excluding hydrogens is 234 g/mol. The van der Waals surface area contributed by atoms with E-state index in [1.165, 1.54) is 0 Å². The fourth-order valence-electron chi connectivity index (χ4n) is 1.94. The van der Waals surface area contributed by atoms with Crippen molar-refractivity contribution in [2.45, 2.75) is 31.5 Å². The van der Waals surface area contributed by atoms with Crippen molar-refractivity contribution < 1.29 is 17.6 Å². The van der Waals surface area contributed by atoms with Gasteiger partial charge in [0.2, 0.25) is 0 Å². The summed E-state index contributed by atoms with van der Waals surface area (Å²) < 4.78 is 51.0. The lowest BCUT2D eigenvalue weighted by Gasteiger charge is -2.18. The van der Waals surface area contributed by atoms with Crippen molar-refractivity contribution in [2.75, 3.05) is 0 Å². The molecule has 0 radical (unpaired) electrons. The Bertz CT molecular complexity index is 409. The van der Waals surface area contributed by atoms with Crippen LogP contribution in [-0.4, -0.2) is 0 Å². The molecule has 17 heavy (non-hydrogen) atoms. The van der Waals surface area contributed by atoms with Gasteiger partial charge in [-0.3, -0.25) is 0 Å². The lowest BCUT2D eigenvalue weighted by Crippen LogP contribution is -2.18. The van der Waals surface area contributed by atoms with Crippen molar-refractivity contribution in [3.05, 3.63) is 35.1 Å². The molecule has 94 valence electrons. The van der Waals surface area contributed by atoms with Crippen molar-refractivity contribution in [2.24, 2.45) is 11.7 Å².